The van der Waals surface area contributed by atoms with Gasteiger partial charge in [0.2, 0.25) is 19.0 Å². The zero-order valence-electron chi connectivity index (χ0n) is 23.2. The summed E-state index contributed by atoms with van der Waals surface area (Å²) in [4.78, 5) is 14.6. The number of hydrogen-bond donors (Lipinski definition) is 1. The highest BCUT2D eigenvalue weighted by atomic mass is 16.7. The first kappa shape index (κ1) is 30.4. The number of nitrogens with two attached hydrogens (primary N) is 1. The summed E-state index contributed by atoms with van der Waals surface area (Å²) in [5.74, 6) is 2.22. The number of hydrogen-bond acceptors (Lipinski definition) is 7. The Bertz CT molecular complexity index is 878. The highest BCUT2D eigenvalue weighted by molar-refractivity contribution is 5.54. The van der Waals surface area contributed by atoms with Crippen LogP contribution in [0.25, 0.3) is 0 Å². The fraction of sp³-hybridized carbons (Fsp3) is 0.643. The molecular weight excluding hydrogens is 470 g/mol. The SMILES string of the molecule is CCCCN(C=O)CCN.CCN1CCCCC1CCn1cccn1.COc1cc(C)cc2c1OCO2. The van der Waals surface area contributed by atoms with Crippen LogP contribution in [-0.4, -0.2) is 78.7 Å². The number of unbranched alkanes of at least 4 members (excludes halogenated alkanes) is 1. The molecule has 2 N–H and O–H groups in total. The predicted molar refractivity (Wildman–Crippen MR) is 147 cm³/mol. The minimum Gasteiger partial charge on any atom is -0.493 e. The number of rotatable bonds is 11. The molecule has 0 radical (unpaired) electrons. The van der Waals surface area contributed by atoms with Crippen molar-refractivity contribution in [2.75, 3.05) is 46.6 Å². The van der Waals surface area contributed by atoms with E-state index in [2.05, 4.69) is 30.0 Å². The fourth-order valence-corrected chi connectivity index (χ4v) is 4.52. The van der Waals surface area contributed by atoms with Crippen molar-refractivity contribution in [3.63, 3.8) is 0 Å². The van der Waals surface area contributed by atoms with Crippen LogP contribution in [0.15, 0.2) is 30.6 Å². The maximum atomic E-state index is 10.3. The normalized spacial score (nSPS) is 16.2. The number of carbonyl (C=O) groups is 1. The summed E-state index contributed by atoms with van der Waals surface area (Å²) in [5, 5.41) is 4.25. The molecule has 1 amide bonds. The summed E-state index contributed by atoms with van der Waals surface area (Å²) >= 11 is 0. The minimum absolute atomic E-state index is 0.287. The van der Waals surface area contributed by atoms with Gasteiger partial charge in [0.05, 0.1) is 7.11 Å². The quantitative estimate of drug-likeness (QED) is 0.449. The molecule has 4 rings (SSSR count). The number of piperidine rings is 1. The maximum Gasteiger partial charge on any atom is 0.231 e. The molecule has 9 nitrogen and oxygen atoms in total. The number of ether oxygens (including phenoxy) is 3. The van der Waals surface area contributed by atoms with Crippen molar-refractivity contribution >= 4 is 6.41 Å². The third-order valence-corrected chi connectivity index (χ3v) is 6.57. The van der Waals surface area contributed by atoms with Gasteiger partial charge in [-0.25, -0.2) is 0 Å². The number of likely N-dealkylation sites (tertiary alicyclic amines) is 1. The summed E-state index contributed by atoms with van der Waals surface area (Å²) in [6.45, 7) is 12.3. The van der Waals surface area contributed by atoms with Crippen LogP contribution in [-0.2, 0) is 11.3 Å². The van der Waals surface area contributed by atoms with E-state index in [1.807, 2.05) is 36.0 Å². The van der Waals surface area contributed by atoms with E-state index in [1.54, 1.807) is 12.0 Å². The van der Waals surface area contributed by atoms with E-state index in [9.17, 15) is 4.79 Å². The summed E-state index contributed by atoms with van der Waals surface area (Å²) in [7, 11) is 1.62. The lowest BCUT2D eigenvalue weighted by atomic mass is 9.99. The summed E-state index contributed by atoms with van der Waals surface area (Å²) in [6, 6.07) is 6.64. The molecule has 1 unspecified atom stereocenters. The molecule has 0 saturated carbocycles. The van der Waals surface area contributed by atoms with Gasteiger partial charge in [-0.15, -0.1) is 0 Å². The molecule has 1 aromatic heterocycles. The van der Waals surface area contributed by atoms with Crippen molar-refractivity contribution < 1.29 is 19.0 Å². The Balaban J connectivity index is 0.000000200. The van der Waals surface area contributed by atoms with E-state index in [0.717, 1.165) is 55.4 Å². The first-order valence-corrected chi connectivity index (χ1v) is 13.6. The summed E-state index contributed by atoms with van der Waals surface area (Å²) < 4.78 is 17.6. The van der Waals surface area contributed by atoms with Gasteiger partial charge in [-0.1, -0.05) is 26.7 Å². The van der Waals surface area contributed by atoms with Crippen LogP contribution >= 0.6 is 0 Å². The topological polar surface area (TPSA) is 95.1 Å². The molecule has 0 aliphatic carbocycles. The molecule has 3 heterocycles. The van der Waals surface area contributed by atoms with Crippen molar-refractivity contribution in [3.8, 4) is 17.2 Å². The highest BCUT2D eigenvalue weighted by Gasteiger charge is 2.20. The molecule has 1 fully saturated rings. The Morgan fingerprint density at radius 2 is 2.08 bits per heavy atom. The van der Waals surface area contributed by atoms with Crippen LogP contribution in [0.3, 0.4) is 0 Å². The van der Waals surface area contributed by atoms with Crippen molar-refractivity contribution in [2.24, 2.45) is 5.73 Å². The molecule has 1 atom stereocenters. The van der Waals surface area contributed by atoms with Crippen molar-refractivity contribution in [1.29, 1.82) is 0 Å². The lowest BCUT2D eigenvalue weighted by Crippen LogP contribution is -2.39. The van der Waals surface area contributed by atoms with Crippen LogP contribution in [0.1, 0.15) is 57.9 Å². The zero-order chi connectivity index (χ0) is 26.9. The third kappa shape index (κ3) is 10.6. The maximum absolute atomic E-state index is 10.3. The smallest absolute Gasteiger partial charge is 0.231 e. The number of aryl methyl sites for hydroxylation is 2. The van der Waals surface area contributed by atoms with Crippen LogP contribution in [0.5, 0.6) is 17.2 Å². The molecule has 2 aromatic rings. The van der Waals surface area contributed by atoms with Crippen LogP contribution < -0.4 is 19.9 Å². The van der Waals surface area contributed by atoms with Gasteiger partial charge in [0.1, 0.15) is 0 Å². The van der Waals surface area contributed by atoms with Crippen LogP contribution in [0.2, 0.25) is 0 Å². The Morgan fingerprint density at radius 3 is 2.73 bits per heavy atom. The molecule has 1 aromatic carbocycles. The van der Waals surface area contributed by atoms with E-state index in [1.165, 1.54) is 38.8 Å². The van der Waals surface area contributed by atoms with Gasteiger partial charge in [0.25, 0.3) is 0 Å². The molecular formula is C28H47N5O4. The Labute approximate surface area is 222 Å². The Kier molecular flexibility index (Phi) is 14.5. The molecule has 37 heavy (non-hydrogen) atoms. The van der Waals surface area contributed by atoms with Crippen molar-refractivity contribution in [1.82, 2.24) is 19.6 Å². The molecule has 208 valence electrons. The fourth-order valence-electron chi connectivity index (χ4n) is 4.52. The molecule has 9 heteroatoms. The summed E-state index contributed by atoms with van der Waals surface area (Å²) in [6.07, 6.45) is 12.4. The van der Waals surface area contributed by atoms with E-state index in [0.29, 0.717) is 18.8 Å². The molecule has 2 aliphatic rings. The highest BCUT2D eigenvalue weighted by Crippen LogP contribution is 2.41. The zero-order valence-corrected chi connectivity index (χ0v) is 23.2. The average Bonchev–Trinajstić information content (AvgIpc) is 3.62. The lowest BCUT2D eigenvalue weighted by Gasteiger charge is -2.34. The number of benzene rings is 1. The molecule has 1 saturated heterocycles. The van der Waals surface area contributed by atoms with Gasteiger partial charge in [0.15, 0.2) is 11.5 Å². The van der Waals surface area contributed by atoms with Crippen LogP contribution in [0.4, 0.5) is 0 Å². The van der Waals surface area contributed by atoms with E-state index in [4.69, 9.17) is 19.9 Å². The number of carbonyl (C=O) groups excluding carboxylic acids is 1. The first-order chi connectivity index (χ1) is 18.1. The third-order valence-electron chi connectivity index (χ3n) is 6.57. The van der Waals surface area contributed by atoms with Crippen molar-refractivity contribution in [3.05, 3.63) is 36.2 Å². The average molecular weight is 518 g/mol. The van der Waals surface area contributed by atoms with Gasteiger partial charge in [-0.05, 0) is 69.5 Å². The van der Waals surface area contributed by atoms with E-state index < -0.39 is 0 Å². The second-order valence-electron chi connectivity index (χ2n) is 9.32. The summed E-state index contributed by atoms with van der Waals surface area (Å²) in [5.41, 5.74) is 6.38. The number of aromatic nitrogens is 2. The van der Waals surface area contributed by atoms with Crippen LogP contribution in [0, 0.1) is 6.92 Å². The second-order valence-corrected chi connectivity index (χ2v) is 9.32. The van der Waals surface area contributed by atoms with Gasteiger partial charge in [0, 0.05) is 44.6 Å². The van der Waals surface area contributed by atoms with Gasteiger partial charge >= 0.3 is 0 Å². The molecule has 2 aliphatic heterocycles. The number of nitrogens with zero attached hydrogens (tertiary/aromatic N) is 4. The number of methoxy groups -OCH3 is 1. The number of amides is 1. The first-order valence-electron chi connectivity index (χ1n) is 13.6. The van der Waals surface area contributed by atoms with E-state index >= 15 is 0 Å². The van der Waals surface area contributed by atoms with E-state index in [-0.39, 0.29) is 6.79 Å². The lowest BCUT2D eigenvalue weighted by molar-refractivity contribution is -0.118. The Hall–Kier alpha value is -2.78. The predicted octanol–water partition coefficient (Wildman–Crippen LogP) is 4.08. The Morgan fingerprint density at radius 1 is 1.24 bits per heavy atom. The standard InChI is InChI=1S/C12H21N3.C9H10O3.C7H16N2O/c1-2-14-9-4-3-6-12(14)7-11-15-10-5-8-13-15;1-6-3-7(10-2)9-8(4-6)11-5-12-9;1-2-3-5-9(7-10)6-4-8/h5,8,10,12H,2-4,6-7,9,11H2,1H3;3-4H,5H2,1-2H3;7H,2-6,8H2,1H3. The largest absolute Gasteiger partial charge is 0.493 e. The molecule has 0 spiro atoms. The van der Waals surface area contributed by atoms with Gasteiger partial charge < -0.3 is 29.7 Å². The molecule has 0 bridgehead atoms. The van der Waals surface area contributed by atoms with Gasteiger partial charge in [-0.2, -0.15) is 5.10 Å². The second kappa shape index (κ2) is 17.6. The van der Waals surface area contributed by atoms with Gasteiger partial charge in [-0.3, -0.25) is 9.48 Å². The monoisotopic (exact) mass is 517 g/mol. The van der Waals surface area contributed by atoms with Crippen molar-refractivity contribution in [2.45, 2.75) is 71.9 Å². The minimum atomic E-state index is 0.287. The number of fused-ring (bicyclic) bond motifs is 1.